The molecule has 5 aromatic rings. The number of aryl methyl sites for hydroxylation is 2. The van der Waals surface area contributed by atoms with E-state index in [2.05, 4.69) is 0 Å². The zero-order valence-electron chi connectivity index (χ0n) is 15.8. The van der Waals surface area contributed by atoms with Crippen LogP contribution in [-0.2, 0) is 14.1 Å². The third-order valence-electron chi connectivity index (χ3n) is 5.35. The van der Waals surface area contributed by atoms with Crippen molar-refractivity contribution in [3.8, 4) is 11.3 Å². The van der Waals surface area contributed by atoms with E-state index in [9.17, 15) is 9.59 Å². The molecule has 0 saturated heterocycles. The molecule has 0 aliphatic rings. The Morgan fingerprint density at radius 2 is 1.57 bits per heavy atom. The minimum Gasteiger partial charge on any atom is -0.310 e. The molecule has 0 amide bonds. The minimum atomic E-state index is -0.353. The van der Waals surface area contributed by atoms with Gasteiger partial charge in [0.15, 0.2) is 0 Å². The van der Waals surface area contributed by atoms with Gasteiger partial charge in [-0.15, -0.1) is 0 Å². The van der Waals surface area contributed by atoms with Gasteiger partial charge in [-0.05, 0) is 19.1 Å². The van der Waals surface area contributed by atoms with E-state index in [-0.39, 0.29) is 11.2 Å². The van der Waals surface area contributed by atoms with Gasteiger partial charge in [0, 0.05) is 25.9 Å². The highest BCUT2D eigenvalue weighted by Gasteiger charge is 2.19. The number of rotatable bonds is 1. The zero-order valence-corrected chi connectivity index (χ0v) is 15.8. The molecular weight excluding hydrogens is 352 g/mol. The predicted octanol–water partition coefficient (Wildman–Crippen LogP) is 3.01. The van der Waals surface area contributed by atoms with E-state index in [1.807, 2.05) is 66.1 Å². The van der Waals surface area contributed by atoms with Crippen LogP contribution in [0.25, 0.3) is 38.7 Å². The van der Waals surface area contributed by atoms with Crippen molar-refractivity contribution in [3.63, 3.8) is 0 Å². The largest absolute Gasteiger partial charge is 0.331 e. The highest BCUT2D eigenvalue weighted by molar-refractivity contribution is 6.04. The van der Waals surface area contributed by atoms with Crippen molar-refractivity contribution < 1.29 is 0 Å². The molecule has 3 heterocycles. The molecule has 0 fully saturated rings. The quantitative estimate of drug-likeness (QED) is 0.456. The van der Waals surface area contributed by atoms with Crippen LogP contribution in [0.15, 0.2) is 64.3 Å². The summed E-state index contributed by atoms with van der Waals surface area (Å²) in [4.78, 5) is 30.3. The molecule has 3 aromatic heterocycles. The van der Waals surface area contributed by atoms with Crippen molar-refractivity contribution in [1.29, 1.82) is 0 Å². The smallest absolute Gasteiger partial charge is 0.310 e. The van der Waals surface area contributed by atoms with Gasteiger partial charge in [0.1, 0.15) is 0 Å². The molecule has 0 saturated carbocycles. The van der Waals surface area contributed by atoms with Gasteiger partial charge in [0.05, 0.1) is 33.1 Å². The van der Waals surface area contributed by atoms with Gasteiger partial charge >= 0.3 is 5.69 Å². The summed E-state index contributed by atoms with van der Waals surface area (Å²) in [6.45, 7) is 2.03. The topological polar surface area (TPSA) is 61.3 Å². The first-order valence-electron chi connectivity index (χ1n) is 9.04. The molecule has 138 valence electrons. The lowest BCUT2D eigenvalue weighted by Gasteiger charge is -2.10. The Bertz CT molecular complexity index is 1520. The van der Waals surface area contributed by atoms with Crippen LogP contribution in [0.5, 0.6) is 0 Å². The van der Waals surface area contributed by atoms with Crippen LogP contribution in [0, 0.1) is 6.92 Å². The van der Waals surface area contributed by atoms with Gasteiger partial charge in [0.25, 0.3) is 5.56 Å². The lowest BCUT2D eigenvalue weighted by molar-refractivity contribution is 0.715. The first-order valence-corrected chi connectivity index (χ1v) is 9.04. The molecule has 0 radical (unpaired) electrons. The van der Waals surface area contributed by atoms with Crippen molar-refractivity contribution in [2.24, 2.45) is 14.1 Å². The van der Waals surface area contributed by atoms with Crippen molar-refractivity contribution in [1.82, 2.24) is 18.5 Å². The Labute approximate surface area is 159 Å². The maximum absolute atomic E-state index is 12.8. The van der Waals surface area contributed by atoms with Gasteiger partial charge in [0.2, 0.25) is 0 Å². The Morgan fingerprint density at radius 1 is 0.857 bits per heavy atom. The van der Waals surface area contributed by atoms with Crippen LogP contribution in [0.4, 0.5) is 0 Å². The van der Waals surface area contributed by atoms with Crippen LogP contribution >= 0.6 is 0 Å². The van der Waals surface area contributed by atoms with Crippen molar-refractivity contribution in [2.75, 3.05) is 0 Å². The Hall–Kier alpha value is -3.67. The Kier molecular flexibility index (Phi) is 3.34. The summed E-state index contributed by atoms with van der Waals surface area (Å²) in [5.41, 5.74) is 5.26. The predicted molar refractivity (Wildman–Crippen MR) is 111 cm³/mol. The van der Waals surface area contributed by atoms with E-state index in [4.69, 9.17) is 4.98 Å². The summed E-state index contributed by atoms with van der Waals surface area (Å²) in [5, 5.41) is 0.496. The van der Waals surface area contributed by atoms with Crippen molar-refractivity contribution >= 4 is 27.5 Å². The lowest BCUT2D eigenvalue weighted by atomic mass is 10.1. The summed E-state index contributed by atoms with van der Waals surface area (Å²) >= 11 is 0. The van der Waals surface area contributed by atoms with Gasteiger partial charge in [-0.25, -0.2) is 9.78 Å². The van der Waals surface area contributed by atoms with E-state index < -0.39 is 0 Å². The number of benzene rings is 2. The second-order valence-corrected chi connectivity index (χ2v) is 7.13. The second kappa shape index (κ2) is 5.66. The van der Waals surface area contributed by atoms with Crippen LogP contribution in [0.1, 0.15) is 5.56 Å². The highest BCUT2D eigenvalue weighted by atomic mass is 16.2. The van der Waals surface area contributed by atoms with Crippen LogP contribution in [0.3, 0.4) is 0 Å². The first-order chi connectivity index (χ1) is 13.5. The fraction of sp³-hybridized carbons (Fsp3) is 0.136. The molecule has 6 nitrogen and oxygen atoms in total. The third kappa shape index (κ3) is 2.11. The zero-order chi connectivity index (χ0) is 19.6. The summed E-state index contributed by atoms with van der Waals surface area (Å²) in [6.07, 6.45) is 1.81. The molecule has 0 aliphatic heterocycles. The maximum Gasteiger partial charge on any atom is 0.331 e. The summed E-state index contributed by atoms with van der Waals surface area (Å²) in [7, 11) is 3.20. The molecule has 2 aromatic carbocycles. The monoisotopic (exact) mass is 370 g/mol. The van der Waals surface area contributed by atoms with Gasteiger partial charge < -0.3 is 4.40 Å². The molecule has 6 heteroatoms. The Morgan fingerprint density at radius 3 is 2.32 bits per heavy atom. The average Bonchev–Trinajstić information content (AvgIpc) is 3.12. The summed E-state index contributed by atoms with van der Waals surface area (Å²) < 4.78 is 4.65. The number of hydrogen-bond acceptors (Lipinski definition) is 3. The maximum atomic E-state index is 12.8. The first kappa shape index (κ1) is 16.5. The standard InChI is InChI=1S/C22H18N4O2/c1-13-8-10-14(11-9-13)18-20-19-15(21(27)25(3)22(28)24(19)2)12-26(20)17-7-5-4-6-16(17)23-18/h4-12H,1-3H3. The van der Waals surface area contributed by atoms with E-state index in [1.54, 1.807) is 7.05 Å². The second-order valence-electron chi connectivity index (χ2n) is 7.13. The van der Waals surface area contributed by atoms with E-state index in [1.165, 1.54) is 11.6 Å². The number of nitrogens with zero attached hydrogens (tertiary/aromatic N) is 4. The van der Waals surface area contributed by atoms with Gasteiger partial charge in [-0.3, -0.25) is 13.9 Å². The van der Waals surface area contributed by atoms with Gasteiger partial charge in [-0.2, -0.15) is 0 Å². The van der Waals surface area contributed by atoms with E-state index in [0.29, 0.717) is 10.9 Å². The SMILES string of the molecule is Cc1ccc(-c2nc3ccccc3n3cc4c(=O)n(C)c(=O)n(C)c4c23)cc1. The highest BCUT2D eigenvalue weighted by Crippen LogP contribution is 2.31. The van der Waals surface area contributed by atoms with Crippen LogP contribution < -0.4 is 11.2 Å². The summed E-state index contributed by atoms with van der Waals surface area (Å²) in [5.74, 6) is 0. The molecule has 28 heavy (non-hydrogen) atoms. The lowest BCUT2D eigenvalue weighted by Crippen LogP contribution is -2.36. The fourth-order valence-electron chi connectivity index (χ4n) is 3.85. The number of para-hydroxylation sites is 2. The number of fused-ring (bicyclic) bond motifs is 5. The third-order valence-corrected chi connectivity index (χ3v) is 5.35. The van der Waals surface area contributed by atoms with E-state index in [0.717, 1.165) is 37.9 Å². The number of hydrogen-bond donors (Lipinski definition) is 0. The minimum absolute atomic E-state index is 0.305. The van der Waals surface area contributed by atoms with E-state index >= 15 is 0 Å². The molecule has 0 N–H and O–H groups in total. The normalized spacial score (nSPS) is 11.7. The van der Waals surface area contributed by atoms with Crippen molar-refractivity contribution in [3.05, 3.63) is 81.1 Å². The summed E-state index contributed by atoms with van der Waals surface area (Å²) in [6, 6.07) is 15.9. The van der Waals surface area contributed by atoms with Crippen LogP contribution in [0.2, 0.25) is 0 Å². The molecule has 0 atom stereocenters. The number of aromatic nitrogens is 4. The van der Waals surface area contributed by atoms with Gasteiger partial charge in [-0.1, -0.05) is 42.0 Å². The molecular formula is C22H18N4O2. The molecule has 0 aliphatic carbocycles. The van der Waals surface area contributed by atoms with Crippen molar-refractivity contribution in [2.45, 2.75) is 6.92 Å². The molecule has 0 unspecified atom stereocenters. The molecule has 0 spiro atoms. The van der Waals surface area contributed by atoms with Crippen LogP contribution in [-0.4, -0.2) is 18.5 Å². The Balaban J connectivity index is 2.11. The molecule has 0 bridgehead atoms. The fourth-order valence-corrected chi connectivity index (χ4v) is 3.85. The average molecular weight is 370 g/mol. The molecule has 5 rings (SSSR count).